The summed E-state index contributed by atoms with van der Waals surface area (Å²) in [5.74, 6) is 8.29. The minimum atomic E-state index is -0.593. The Hall–Kier alpha value is -4.86. The van der Waals surface area contributed by atoms with Gasteiger partial charge in [-0.2, -0.15) is 0 Å². The highest BCUT2D eigenvalue weighted by Gasteiger charge is 2.48. The first kappa shape index (κ1) is 40.9. The highest BCUT2D eigenvalue weighted by molar-refractivity contribution is 7.99. The van der Waals surface area contributed by atoms with Crippen molar-refractivity contribution < 1.29 is 24.3 Å². The number of anilines is 2. The van der Waals surface area contributed by atoms with E-state index in [1.807, 2.05) is 36.5 Å². The minimum Gasteiger partial charge on any atom is -0.394 e. The first-order chi connectivity index (χ1) is 28.8. The van der Waals surface area contributed by atoms with Crippen LogP contribution < -0.4 is 15.5 Å². The van der Waals surface area contributed by atoms with Crippen LogP contribution in [0.2, 0.25) is 0 Å². The first-order valence-corrected chi connectivity index (χ1v) is 22.7. The number of aliphatic hydroxyl groups is 1. The molecule has 1 aromatic heterocycles. The van der Waals surface area contributed by atoms with Gasteiger partial charge < -0.3 is 25.1 Å². The maximum Gasteiger partial charge on any atom is 0.255 e. The van der Waals surface area contributed by atoms with Gasteiger partial charge in [-0.1, -0.05) is 56.4 Å². The third-order valence-electron chi connectivity index (χ3n) is 13.1. The number of fused-ring (bicyclic) bond motifs is 4. The molecule has 59 heavy (non-hydrogen) atoms. The summed E-state index contributed by atoms with van der Waals surface area (Å²) in [5, 5.41) is 16.2. The molecule has 4 amide bonds. The molecular weight excluding hydrogens is 761 g/mol. The average molecular weight is 817 g/mol. The number of aliphatic hydroxyl groups excluding tert-OH is 1. The second-order valence-electron chi connectivity index (χ2n) is 16.8. The maximum atomic E-state index is 13.8. The molecule has 3 N–H and O–H groups in total. The lowest BCUT2D eigenvalue weighted by atomic mass is 9.81. The summed E-state index contributed by atoms with van der Waals surface area (Å²) in [6, 6.07) is 15.5. The topological polar surface area (TPSA) is 135 Å². The normalized spacial score (nSPS) is 22.7. The molecule has 8 rings (SSSR count). The van der Waals surface area contributed by atoms with Gasteiger partial charge >= 0.3 is 0 Å². The number of amides is 4. The number of imide groups is 1. The van der Waals surface area contributed by atoms with Gasteiger partial charge in [-0.05, 0) is 97.9 Å². The van der Waals surface area contributed by atoms with Crippen LogP contribution in [0.5, 0.6) is 0 Å². The molecule has 1 aliphatic carbocycles. The number of rotatable bonds is 13. The standard InChI is InChI=1S/C47H56N6O5S/c1-51-38-19-17-31(27-36(38)44-35(40(51)30-54)23-25-52(44)46(57)33-11-6-5-7-12-33)15-16-32-18-21-42(49-28-32)48-24-8-3-2-4-9-26-59-41-14-10-13-34-37(41)29-53(47(34)58)39-20-22-43(55)50-45(39)56/h10,13-14,17-19,21,27-28,33,35,39-40,44,54H,2-9,11-12,20,22-26,29-30H2,1H3,(H,48,49)(H,50,55,56)/t35-,39?,40-,44-/m1/s1. The van der Waals surface area contributed by atoms with Gasteiger partial charge in [0.05, 0.1) is 18.7 Å². The number of nitrogens with one attached hydrogen (secondary N) is 2. The highest BCUT2D eigenvalue weighted by Crippen LogP contribution is 2.49. The van der Waals surface area contributed by atoms with Crippen molar-refractivity contribution in [2.24, 2.45) is 11.8 Å². The summed E-state index contributed by atoms with van der Waals surface area (Å²) in [5.41, 5.74) is 5.63. The zero-order valence-corrected chi connectivity index (χ0v) is 34.9. The lowest BCUT2D eigenvalue weighted by Crippen LogP contribution is -2.52. The molecule has 1 unspecified atom stereocenters. The van der Waals surface area contributed by atoms with E-state index >= 15 is 0 Å². The predicted octanol–water partition coefficient (Wildman–Crippen LogP) is 6.68. The fraction of sp³-hybridized carbons (Fsp3) is 0.511. The fourth-order valence-corrected chi connectivity index (χ4v) is 11.0. The van der Waals surface area contributed by atoms with Crippen molar-refractivity contribution in [3.8, 4) is 11.8 Å². The van der Waals surface area contributed by atoms with Gasteiger partial charge in [0.2, 0.25) is 17.7 Å². The number of carbonyl (C=O) groups excluding carboxylic acids is 4. The minimum absolute atomic E-state index is 0.0104. The molecule has 5 aliphatic rings. The molecule has 0 spiro atoms. The van der Waals surface area contributed by atoms with Crippen molar-refractivity contribution in [1.82, 2.24) is 20.1 Å². The molecule has 0 bridgehead atoms. The summed E-state index contributed by atoms with van der Waals surface area (Å²) in [6.45, 7) is 2.08. The van der Waals surface area contributed by atoms with Crippen molar-refractivity contribution in [3.05, 3.63) is 82.5 Å². The van der Waals surface area contributed by atoms with Crippen molar-refractivity contribution in [2.75, 3.05) is 42.7 Å². The number of likely N-dealkylation sites (tertiary alicyclic amines) is 1. The monoisotopic (exact) mass is 816 g/mol. The van der Waals surface area contributed by atoms with Gasteiger partial charge in [-0.25, -0.2) is 4.98 Å². The van der Waals surface area contributed by atoms with Crippen molar-refractivity contribution >= 4 is 46.9 Å². The molecule has 1 saturated carbocycles. The Kier molecular flexibility index (Phi) is 12.9. The molecule has 2 aromatic carbocycles. The number of thioether (sulfide) groups is 1. The second-order valence-corrected chi connectivity index (χ2v) is 17.9. The number of nitrogens with zero attached hydrogens (tertiary/aromatic N) is 4. The van der Waals surface area contributed by atoms with E-state index in [-0.39, 0.29) is 54.7 Å². The van der Waals surface area contributed by atoms with E-state index in [2.05, 4.69) is 62.5 Å². The summed E-state index contributed by atoms with van der Waals surface area (Å²) >= 11 is 1.78. The van der Waals surface area contributed by atoms with Crippen molar-refractivity contribution in [2.45, 2.75) is 113 Å². The lowest BCUT2D eigenvalue weighted by Gasteiger charge is -2.45. The zero-order chi connectivity index (χ0) is 40.9. The van der Waals surface area contributed by atoms with Gasteiger partial charge in [-0.3, -0.25) is 24.5 Å². The van der Waals surface area contributed by atoms with Crippen molar-refractivity contribution in [3.63, 3.8) is 0 Å². The van der Waals surface area contributed by atoms with E-state index in [0.29, 0.717) is 24.4 Å². The molecular formula is C47H56N6O5S. The summed E-state index contributed by atoms with van der Waals surface area (Å²) < 4.78 is 0. The molecule has 3 aromatic rings. The van der Waals surface area contributed by atoms with Gasteiger partial charge in [0.15, 0.2) is 0 Å². The molecule has 5 heterocycles. The zero-order valence-electron chi connectivity index (χ0n) is 34.1. The summed E-state index contributed by atoms with van der Waals surface area (Å²) in [4.78, 5) is 62.6. The predicted molar refractivity (Wildman–Crippen MR) is 230 cm³/mol. The molecule has 3 fully saturated rings. The Bertz CT molecular complexity index is 2110. The molecule has 310 valence electrons. The van der Waals surface area contributed by atoms with Gasteiger partial charge in [0, 0.05) is 78.4 Å². The van der Waals surface area contributed by atoms with Crippen LogP contribution in [0.3, 0.4) is 0 Å². The van der Waals surface area contributed by atoms with Crippen LogP contribution in [0.15, 0.2) is 59.6 Å². The number of unbranched alkanes of at least 4 members (excludes halogenated alkanes) is 4. The first-order valence-electron chi connectivity index (χ1n) is 21.7. The Morgan fingerprint density at radius 3 is 2.54 bits per heavy atom. The fourth-order valence-electron chi connectivity index (χ4n) is 9.93. The number of hydrogen-bond donors (Lipinski definition) is 3. The van der Waals surface area contributed by atoms with Crippen LogP contribution >= 0.6 is 11.8 Å². The molecule has 11 nitrogen and oxygen atoms in total. The van der Waals surface area contributed by atoms with Crippen LogP contribution in [0, 0.1) is 23.7 Å². The Morgan fingerprint density at radius 1 is 0.949 bits per heavy atom. The Labute approximate surface area is 352 Å². The van der Waals surface area contributed by atoms with E-state index in [1.165, 1.54) is 6.42 Å². The second kappa shape index (κ2) is 18.6. The van der Waals surface area contributed by atoms with E-state index < -0.39 is 6.04 Å². The van der Waals surface area contributed by atoms with Crippen LogP contribution in [-0.4, -0.2) is 88.1 Å². The van der Waals surface area contributed by atoms with Crippen LogP contribution in [0.1, 0.15) is 122 Å². The molecule has 12 heteroatoms. The Balaban J connectivity index is 0.773. The molecule has 2 saturated heterocycles. The van der Waals surface area contributed by atoms with E-state index in [0.717, 1.165) is 122 Å². The third-order valence-corrected chi connectivity index (χ3v) is 14.3. The van der Waals surface area contributed by atoms with Gasteiger partial charge in [-0.15, -0.1) is 11.8 Å². The number of hydrogen-bond acceptors (Lipinski definition) is 9. The molecule has 4 aliphatic heterocycles. The molecule has 4 atom stereocenters. The largest absolute Gasteiger partial charge is 0.394 e. The number of carbonyl (C=O) groups is 4. The van der Waals surface area contributed by atoms with Gasteiger partial charge in [0.1, 0.15) is 11.9 Å². The van der Waals surface area contributed by atoms with Gasteiger partial charge in [0.25, 0.3) is 5.91 Å². The van der Waals surface area contributed by atoms with Crippen LogP contribution in [0.25, 0.3) is 0 Å². The van der Waals surface area contributed by atoms with Crippen LogP contribution in [0.4, 0.5) is 11.5 Å². The number of likely N-dealkylation sites (N-methyl/N-ethyl adjacent to an activating group) is 1. The summed E-state index contributed by atoms with van der Waals surface area (Å²) in [7, 11) is 2.06. The van der Waals surface area contributed by atoms with Crippen LogP contribution in [-0.2, 0) is 20.9 Å². The third kappa shape index (κ3) is 8.87. The molecule has 0 radical (unpaired) electrons. The Morgan fingerprint density at radius 2 is 1.75 bits per heavy atom. The maximum absolute atomic E-state index is 13.8. The SMILES string of the molecule is CN1c2ccc(C#Cc3ccc(NCCCCCCCSc4cccc5c4CN(C4CCC(=O)NC4=O)C5=O)nc3)cc2[C@H]2[C@H](CCN2C(=O)C2CCCCC2)[C@H]1CO. The summed E-state index contributed by atoms with van der Waals surface area (Å²) in [6.07, 6.45) is 14.4. The average Bonchev–Trinajstić information content (AvgIpc) is 3.85. The van der Waals surface area contributed by atoms with Crippen molar-refractivity contribution in [1.29, 1.82) is 0 Å². The van der Waals surface area contributed by atoms with E-state index in [9.17, 15) is 24.3 Å². The number of aromatic nitrogens is 1. The number of piperidine rings is 1. The smallest absolute Gasteiger partial charge is 0.255 e. The lowest BCUT2D eigenvalue weighted by molar-refractivity contribution is -0.138. The quantitative estimate of drug-likeness (QED) is 0.0748. The highest BCUT2D eigenvalue weighted by atomic mass is 32.2. The van der Waals surface area contributed by atoms with E-state index in [1.54, 1.807) is 16.7 Å². The number of benzene rings is 2. The number of pyridine rings is 1. The van der Waals surface area contributed by atoms with E-state index in [4.69, 9.17) is 0 Å².